The molecule has 1 aliphatic carbocycles. The predicted molar refractivity (Wildman–Crippen MR) is 53.1 cm³/mol. The number of aromatic nitrogens is 1. The van der Waals surface area contributed by atoms with Crippen molar-refractivity contribution in [2.24, 2.45) is 0 Å². The first-order chi connectivity index (χ1) is 6.93. The summed E-state index contributed by atoms with van der Waals surface area (Å²) in [6, 6.07) is 0.384. The summed E-state index contributed by atoms with van der Waals surface area (Å²) in [6.07, 6.45) is 7.20. The van der Waals surface area contributed by atoms with Crippen LogP contribution in [0.2, 0.25) is 0 Å². The van der Waals surface area contributed by atoms with E-state index in [0.717, 1.165) is 31.0 Å². The van der Waals surface area contributed by atoms with Crippen molar-refractivity contribution >= 4 is 0 Å². The Labute approximate surface area is 83.9 Å². The molecule has 1 saturated heterocycles. The Kier molecular flexibility index (Phi) is 2.05. The third-order valence-electron chi connectivity index (χ3n) is 3.22. The predicted octanol–water partition coefficient (Wildman–Crippen LogP) is 1.98. The fourth-order valence-corrected chi connectivity index (χ4v) is 2.42. The third kappa shape index (κ3) is 1.36. The summed E-state index contributed by atoms with van der Waals surface area (Å²) in [5.74, 6) is 2.08. The monoisotopic (exact) mass is 192 g/mol. The highest BCUT2D eigenvalue weighted by molar-refractivity contribution is 5.16. The van der Waals surface area contributed by atoms with Crippen LogP contribution in [0.1, 0.15) is 49.1 Å². The van der Waals surface area contributed by atoms with Gasteiger partial charge in [0, 0.05) is 6.42 Å². The van der Waals surface area contributed by atoms with Crippen LogP contribution in [0.3, 0.4) is 0 Å². The first-order valence-electron chi connectivity index (χ1n) is 5.65. The van der Waals surface area contributed by atoms with E-state index < -0.39 is 0 Å². The van der Waals surface area contributed by atoms with Gasteiger partial charge in [-0.15, -0.1) is 0 Å². The molecular weight excluding hydrogens is 176 g/mol. The van der Waals surface area contributed by atoms with Gasteiger partial charge in [0.15, 0.2) is 0 Å². The van der Waals surface area contributed by atoms with Crippen molar-refractivity contribution in [2.45, 2.75) is 44.6 Å². The largest absolute Gasteiger partial charge is 0.444 e. The Morgan fingerprint density at radius 1 is 1.21 bits per heavy atom. The number of piperidine rings is 1. The summed E-state index contributed by atoms with van der Waals surface area (Å²) < 4.78 is 5.79. The highest BCUT2D eigenvalue weighted by Crippen LogP contribution is 2.28. The van der Waals surface area contributed by atoms with Crippen LogP contribution in [0.15, 0.2) is 4.42 Å². The molecule has 2 aliphatic rings. The molecule has 14 heavy (non-hydrogen) atoms. The average molecular weight is 192 g/mol. The van der Waals surface area contributed by atoms with Crippen LogP contribution >= 0.6 is 0 Å². The van der Waals surface area contributed by atoms with E-state index in [-0.39, 0.29) is 0 Å². The molecule has 2 heterocycles. The van der Waals surface area contributed by atoms with Crippen LogP contribution < -0.4 is 5.32 Å². The lowest BCUT2D eigenvalue weighted by atomic mass is 10.1. The maximum Gasteiger partial charge on any atom is 0.211 e. The van der Waals surface area contributed by atoms with E-state index >= 15 is 0 Å². The number of rotatable bonds is 1. The summed E-state index contributed by atoms with van der Waals surface area (Å²) >= 11 is 0. The van der Waals surface area contributed by atoms with Crippen molar-refractivity contribution in [1.82, 2.24) is 10.3 Å². The fourth-order valence-electron chi connectivity index (χ4n) is 2.42. The number of aryl methyl sites for hydroxylation is 2. The number of hydrogen-bond acceptors (Lipinski definition) is 3. The van der Waals surface area contributed by atoms with Gasteiger partial charge < -0.3 is 9.73 Å². The number of hydrogen-bond donors (Lipinski definition) is 1. The maximum atomic E-state index is 5.79. The van der Waals surface area contributed by atoms with Crippen LogP contribution in [-0.4, -0.2) is 11.5 Å². The minimum absolute atomic E-state index is 0.384. The molecule has 0 radical (unpaired) electrons. The van der Waals surface area contributed by atoms with Gasteiger partial charge in [-0.1, -0.05) is 6.42 Å². The van der Waals surface area contributed by atoms with Crippen LogP contribution in [0.4, 0.5) is 0 Å². The SMILES string of the molecule is C1CCC(c2nc3c(o2)CCC3)NC1. The molecule has 1 aromatic rings. The smallest absolute Gasteiger partial charge is 0.211 e. The minimum Gasteiger partial charge on any atom is -0.444 e. The molecule has 3 heteroatoms. The van der Waals surface area contributed by atoms with Crippen molar-refractivity contribution < 1.29 is 4.42 Å². The van der Waals surface area contributed by atoms with Gasteiger partial charge in [-0.25, -0.2) is 4.98 Å². The van der Waals surface area contributed by atoms with Gasteiger partial charge in [-0.2, -0.15) is 0 Å². The van der Waals surface area contributed by atoms with Crippen molar-refractivity contribution in [3.05, 3.63) is 17.3 Å². The van der Waals surface area contributed by atoms with E-state index in [1.807, 2.05) is 0 Å². The number of fused-ring (bicyclic) bond motifs is 1. The first-order valence-corrected chi connectivity index (χ1v) is 5.65. The van der Waals surface area contributed by atoms with Crippen molar-refractivity contribution in [3.63, 3.8) is 0 Å². The van der Waals surface area contributed by atoms with Gasteiger partial charge in [-0.05, 0) is 32.2 Å². The Balaban J connectivity index is 1.82. The molecule has 1 atom stereocenters. The molecule has 0 aromatic carbocycles. The van der Waals surface area contributed by atoms with Crippen LogP contribution in [0.25, 0.3) is 0 Å². The summed E-state index contributed by atoms with van der Waals surface area (Å²) in [5.41, 5.74) is 1.22. The van der Waals surface area contributed by atoms with Gasteiger partial charge in [-0.3, -0.25) is 0 Å². The van der Waals surface area contributed by atoms with Crippen molar-refractivity contribution in [2.75, 3.05) is 6.54 Å². The summed E-state index contributed by atoms with van der Waals surface area (Å²) in [6.45, 7) is 1.11. The lowest BCUT2D eigenvalue weighted by Crippen LogP contribution is -2.27. The fraction of sp³-hybridized carbons (Fsp3) is 0.727. The van der Waals surface area contributed by atoms with Gasteiger partial charge in [0.1, 0.15) is 5.76 Å². The summed E-state index contributed by atoms with van der Waals surface area (Å²) in [7, 11) is 0. The molecule has 1 fully saturated rings. The standard InChI is InChI=1S/C11H16N2O/c1-2-7-12-9(4-1)11-13-8-5-3-6-10(8)14-11/h9,12H,1-7H2. The van der Waals surface area contributed by atoms with Gasteiger partial charge in [0.2, 0.25) is 5.89 Å². The first kappa shape index (κ1) is 8.48. The number of nitrogens with zero attached hydrogens (tertiary/aromatic N) is 1. The molecule has 1 unspecified atom stereocenters. The van der Waals surface area contributed by atoms with Gasteiger partial charge in [0.25, 0.3) is 0 Å². The second kappa shape index (κ2) is 3.39. The Morgan fingerprint density at radius 2 is 2.21 bits per heavy atom. The summed E-state index contributed by atoms with van der Waals surface area (Å²) in [4.78, 5) is 4.59. The van der Waals surface area contributed by atoms with E-state index in [9.17, 15) is 0 Å². The highest BCUT2D eigenvalue weighted by atomic mass is 16.4. The number of nitrogens with one attached hydrogen (secondary N) is 1. The molecule has 0 saturated carbocycles. The van der Waals surface area contributed by atoms with Crippen molar-refractivity contribution in [1.29, 1.82) is 0 Å². The molecular formula is C11H16N2O. The zero-order chi connectivity index (χ0) is 9.38. The van der Waals surface area contributed by atoms with E-state index in [0.29, 0.717) is 6.04 Å². The topological polar surface area (TPSA) is 38.1 Å². The molecule has 0 amide bonds. The maximum absolute atomic E-state index is 5.79. The molecule has 1 aromatic heterocycles. The molecule has 0 spiro atoms. The molecule has 1 aliphatic heterocycles. The number of oxazole rings is 1. The van der Waals surface area contributed by atoms with Crippen molar-refractivity contribution in [3.8, 4) is 0 Å². The van der Waals surface area contributed by atoms with E-state index in [2.05, 4.69) is 10.3 Å². The average Bonchev–Trinajstić information content (AvgIpc) is 2.78. The van der Waals surface area contributed by atoms with Gasteiger partial charge >= 0.3 is 0 Å². The third-order valence-corrected chi connectivity index (χ3v) is 3.22. The van der Waals surface area contributed by atoms with E-state index in [4.69, 9.17) is 4.42 Å². The Hall–Kier alpha value is -0.830. The molecule has 0 bridgehead atoms. The normalized spacial score (nSPS) is 26.4. The Bertz CT molecular complexity index is 305. The van der Waals surface area contributed by atoms with E-state index in [1.165, 1.54) is 31.4 Å². The molecule has 3 rings (SSSR count). The van der Waals surface area contributed by atoms with Crippen LogP contribution in [-0.2, 0) is 12.8 Å². The lowest BCUT2D eigenvalue weighted by molar-refractivity contribution is 0.329. The molecule has 1 N–H and O–H groups in total. The summed E-state index contributed by atoms with van der Waals surface area (Å²) in [5, 5.41) is 3.47. The minimum atomic E-state index is 0.384. The second-order valence-corrected chi connectivity index (χ2v) is 4.28. The van der Waals surface area contributed by atoms with Crippen LogP contribution in [0.5, 0.6) is 0 Å². The second-order valence-electron chi connectivity index (χ2n) is 4.28. The Morgan fingerprint density at radius 3 is 3.00 bits per heavy atom. The molecule has 3 nitrogen and oxygen atoms in total. The zero-order valence-corrected chi connectivity index (χ0v) is 8.38. The quantitative estimate of drug-likeness (QED) is 0.739. The zero-order valence-electron chi connectivity index (χ0n) is 8.38. The lowest BCUT2D eigenvalue weighted by Gasteiger charge is -2.20. The van der Waals surface area contributed by atoms with Gasteiger partial charge in [0.05, 0.1) is 11.7 Å². The van der Waals surface area contributed by atoms with Crippen LogP contribution in [0, 0.1) is 0 Å². The highest BCUT2D eigenvalue weighted by Gasteiger charge is 2.24. The van der Waals surface area contributed by atoms with E-state index in [1.54, 1.807) is 0 Å². The molecule has 76 valence electrons.